The van der Waals surface area contributed by atoms with E-state index in [1.807, 2.05) is 0 Å². The molecule has 80 valence electrons. The number of hydrogen-bond acceptors (Lipinski definition) is 4. The summed E-state index contributed by atoms with van der Waals surface area (Å²) in [4.78, 5) is 21.4. The van der Waals surface area contributed by atoms with Crippen LogP contribution in [0.2, 0.25) is 0 Å². The number of esters is 1. The number of hydrogen-bond donors (Lipinski definition) is 0. The predicted octanol–water partition coefficient (Wildman–Crippen LogP) is 2.06. The molecule has 0 saturated heterocycles. The van der Waals surface area contributed by atoms with E-state index < -0.39 is 0 Å². The van der Waals surface area contributed by atoms with E-state index in [1.165, 1.54) is 6.26 Å². The molecule has 1 rings (SSSR count). The average molecular weight is 208 g/mol. The van der Waals surface area contributed by atoms with E-state index in [0.29, 0.717) is 18.5 Å². The van der Waals surface area contributed by atoms with Crippen molar-refractivity contribution in [3.63, 3.8) is 0 Å². The Hall–Kier alpha value is -1.84. The molecule has 0 N–H and O–H groups in total. The van der Waals surface area contributed by atoms with E-state index >= 15 is 0 Å². The Morgan fingerprint density at radius 1 is 1.60 bits per heavy atom. The molecule has 0 amide bonds. The van der Waals surface area contributed by atoms with E-state index in [9.17, 15) is 9.59 Å². The lowest BCUT2D eigenvalue weighted by molar-refractivity contribution is -0.142. The number of aldehydes is 1. The van der Waals surface area contributed by atoms with Crippen molar-refractivity contribution < 1.29 is 18.7 Å². The van der Waals surface area contributed by atoms with E-state index in [2.05, 4.69) is 0 Å². The zero-order chi connectivity index (χ0) is 11.1. The summed E-state index contributed by atoms with van der Waals surface area (Å²) >= 11 is 0. The molecular formula is C11H12O4. The van der Waals surface area contributed by atoms with E-state index in [1.54, 1.807) is 25.1 Å². The van der Waals surface area contributed by atoms with Crippen LogP contribution in [0.5, 0.6) is 0 Å². The standard InChI is InChI=1S/C11H12O4/c1-2-14-11(13)5-3-4-9-6-7-15-10(9)8-12/h3-4,6-8H,2,5H2,1H3. The quantitative estimate of drug-likeness (QED) is 0.549. The van der Waals surface area contributed by atoms with Crippen LogP contribution in [0.3, 0.4) is 0 Å². The van der Waals surface area contributed by atoms with Crippen molar-refractivity contribution >= 4 is 18.3 Å². The highest BCUT2D eigenvalue weighted by atomic mass is 16.5. The minimum absolute atomic E-state index is 0.192. The summed E-state index contributed by atoms with van der Waals surface area (Å²) < 4.78 is 9.62. The largest absolute Gasteiger partial charge is 0.466 e. The molecule has 0 aromatic carbocycles. The molecule has 0 spiro atoms. The van der Waals surface area contributed by atoms with E-state index in [4.69, 9.17) is 9.15 Å². The van der Waals surface area contributed by atoms with Crippen LogP contribution in [-0.2, 0) is 9.53 Å². The van der Waals surface area contributed by atoms with Crippen molar-refractivity contribution in [2.75, 3.05) is 6.61 Å². The second kappa shape index (κ2) is 5.80. The van der Waals surface area contributed by atoms with Gasteiger partial charge < -0.3 is 9.15 Å². The summed E-state index contributed by atoms with van der Waals surface area (Å²) in [5, 5.41) is 0. The SMILES string of the molecule is CCOC(=O)CC=Cc1ccoc1C=O. The van der Waals surface area contributed by atoms with Crippen molar-refractivity contribution in [3.8, 4) is 0 Å². The molecule has 0 aliphatic carbocycles. The molecule has 1 aromatic heterocycles. The molecule has 15 heavy (non-hydrogen) atoms. The van der Waals surface area contributed by atoms with Crippen molar-refractivity contribution in [2.24, 2.45) is 0 Å². The van der Waals surface area contributed by atoms with Crippen LogP contribution >= 0.6 is 0 Å². The van der Waals surface area contributed by atoms with Crippen LogP contribution in [0.25, 0.3) is 6.08 Å². The van der Waals surface area contributed by atoms with Gasteiger partial charge >= 0.3 is 5.97 Å². The van der Waals surface area contributed by atoms with E-state index in [0.717, 1.165) is 0 Å². The summed E-state index contributed by atoms with van der Waals surface area (Å²) in [7, 11) is 0. The number of ether oxygens (including phenoxy) is 1. The lowest BCUT2D eigenvalue weighted by Crippen LogP contribution is -2.01. The summed E-state index contributed by atoms with van der Waals surface area (Å²) in [6.07, 6.45) is 5.54. The Morgan fingerprint density at radius 2 is 2.40 bits per heavy atom. The van der Waals surface area contributed by atoms with Gasteiger partial charge in [0.25, 0.3) is 0 Å². The highest BCUT2D eigenvalue weighted by Gasteiger charge is 2.01. The molecule has 0 aliphatic rings. The van der Waals surface area contributed by atoms with Crippen molar-refractivity contribution in [1.29, 1.82) is 0 Å². The van der Waals surface area contributed by atoms with Crippen LogP contribution in [0.4, 0.5) is 0 Å². The monoisotopic (exact) mass is 208 g/mol. The van der Waals surface area contributed by atoms with E-state index in [-0.39, 0.29) is 18.2 Å². The Morgan fingerprint density at radius 3 is 3.07 bits per heavy atom. The first-order valence-electron chi connectivity index (χ1n) is 4.62. The fourth-order valence-corrected chi connectivity index (χ4v) is 1.07. The second-order valence-electron chi connectivity index (χ2n) is 2.77. The minimum Gasteiger partial charge on any atom is -0.466 e. The van der Waals surface area contributed by atoms with Gasteiger partial charge in [-0.15, -0.1) is 0 Å². The van der Waals surface area contributed by atoms with Gasteiger partial charge in [0.15, 0.2) is 12.0 Å². The molecule has 4 nitrogen and oxygen atoms in total. The first-order chi connectivity index (χ1) is 7.27. The second-order valence-corrected chi connectivity index (χ2v) is 2.77. The average Bonchev–Trinajstić information content (AvgIpc) is 2.66. The van der Waals surface area contributed by atoms with Gasteiger partial charge in [-0.05, 0) is 13.0 Å². The summed E-state index contributed by atoms with van der Waals surface area (Å²) in [5.74, 6) is -0.0278. The van der Waals surface area contributed by atoms with Gasteiger partial charge in [0.05, 0.1) is 19.3 Å². The molecule has 0 bridgehead atoms. The van der Waals surface area contributed by atoms with Crippen molar-refractivity contribution in [1.82, 2.24) is 0 Å². The van der Waals surface area contributed by atoms with Crippen molar-refractivity contribution in [3.05, 3.63) is 29.7 Å². The fraction of sp³-hybridized carbons (Fsp3) is 0.273. The molecular weight excluding hydrogens is 196 g/mol. The molecule has 1 aromatic rings. The van der Waals surface area contributed by atoms with Crippen molar-refractivity contribution in [2.45, 2.75) is 13.3 Å². The van der Waals surface area contributed by atoms with Gasteiger partial charge in [0.2, 0.25) is 0 Å². The highest BCUT2D eigenvalue weighted by molar-refractivity contribution is 5.79. The smallest absolute Gasteiger partial charge is 0.309 e. The summed E-state index contributed by atoms with van der Waals surface area (Å²) in [6, 6.07) is 1.66. The van der Waals surface area contributed by atoms with Gasteiger partial charge in [-0.25, -0.2) is 0 Å². The Kier molecular flexibility index (Phi) is 4.34. The molecule has 1 heterocycles. The molecule has 0 saturated carbocycles. The third-order valence-corrected chi connectivity index (χ3v) is 1.72. The lowest BCUT2D eigenvalue weighted by atomic mass is 10.2. The molecule has 0 radical (unpaired) electrons. The minimum atomic E-state index is -0.287. The van der Waals surface area contributed by atoms with Crippen LogP contribution in [0.15, 0.2) is 22.8 Å². The molecule has 0 unspecified atom stereocenters. The first-order valence-corrected chi connectivity index (χ1v) is 4.62. The highest BCUT2D eigenvalue weighted by Crippen LogP contribution is 2.10. The number of rotatable bonds is 5. The maximum absolute atomic E-state index is 11.0. The zero-order valence-electron chi connectivity index (χ0n) is 8.43. The maximum Gasteiger partial charge on any atom is 0.309 e. The van der Waals surface area contributed by atoms with Gasteiger partial charge in [0, 0.05) is 5.56 Å². The van der Waals surface area contributed by atoms with Crippen LogP contribution in [0.1, 0.15) is 29.5 Å². The predicted molar refractivity (Wildman–Crippen MR) is 54.4 cm³/mol. The van der Waals surface area contributed by atoms with Crippen LogP contribution < -0.4 is 0 Å². The Labute approximate surface area is 87.5 Å². The summed E-state index contributed by atoms with van der Waals surface area (Å²) in [5.41, 5.74) is 0.661. The summed E-state index contributed by atoms with van der Waals surface area (Å²) in [6.45, 7) is 2.13. The topological polar surface area (TPSA) is 56.5 Å². The molecule has 0 atom stereocenters. The third-order valence-electron chi connectivity index (χ3n) is 1.72. The zero-order valence-corrected chi connectivity index (χ0v) is 8.43. The third kappa shape index (κ3) is 3.42. The fourth-order valence-electron chi connectivity index (χ4n) is 1.07. The molecule has 0 fully saturated rings. The van der Waals surface area contributed by atoms with Gasteiger partial charge in [-0.2, -0.15) is 0 Å². The number of carbonyl (C=O) groups is 2. The number of carbonyl (C=O) groups excluding carboxylic acids is 2. The normalized spacial score (nSPS) is 10.5. The molecule has 4 heteroatoms. The van der Waals surface area contributed by atoms with Gasteiger partial charge in [-0.3, -0.25) is 9.59 Å². The number of furan rings is 1. The lowest BCUT2D eigenvalue weighted by Gasteiger charge is -1.96. The molecule has 0 aliphatic heterocycles. The van der Waals surface area contributed by atoms with Gasteiger partial charge in [-0.1, -0.05) is 12.2 Å². The first kappa shape index (κ1) is 11.2. The van der Waals surface area contributed by atoms with Gasteiger partial charge in [0.1, 0.15) is 0 Å². The Balaban J connectivity index is 2.51. The van der Waals surface area contributed by atoms with Crippen LogP contribution in [-0.4, -0.2) is 18.9 Å². The maximum atomic E-state index is 11.0. The van der Waals surface area contributed by atoms with Crippen LogP contribution in [0, 0.1) is 0 Å². The Bertz CT molecular complexity index is 362.